The molecule has 0 saturated carbocycles. The zero-order chi connectivity index (χ0) is 10.6. The Kier molecular flexibility index (Phi) is 4.99. The molecule has 1 rings (SSSR count). The standard InChI is InChI=1S/C11H16BrNS/c1-8(5-6-13)10-7-9(12)3-4-11(10)14-2/h3-4,7-8H,5-6,13H2,1-2H3. The first-order chi connectivity index (χ1) is 6.69. The molecule has 0 amide bonds. The van der Waals surface area contributed by atoms with Crippen molar-refractivity contribution in [2.24, 2.45) is 5.73 Å². The molecule has 0 bridgehead atoms. The SMILES string of the molecule is CSc1ccc(Br)cc1C(C)CCN. The van der Waals surface area contributed by atoms with Crippen LogP contribution >= 0.6 is 27.7 Å². The average Bonchev–Trinajstić information content (AvgIpc) is 2.18. The van der Waals surface area contributed by atoms with Crippen molar-refractivity contribution in [3.05, 3.63) is 28.2 Å². The largest absolute Gasteiger partial charge is 0.330 e. The van der Waals surface area contributed by atoms with Gasteiger partial charge < -0.3 is 5.73 Å². The predicted octanol–water partition coefficient (Wildman–Crippen LogP) is 3.62. The first-order valence-corrected chi connectivity index (χ1v) is 6.74. The summed E-state index contributed by atoms with van der Waals surface area (Å²) in [6, 6.07) is 6.45. The van der Waals surface area contributed by atoms with Gasteiger partial charge in [0.05, 0.1) is 0 Å². The molecular weight excluding hydrogens is 258 g/mol. The van der Waals surface area contributed by atoms with Gasteiger partial charge >= 0.3 is 0 Å². The lowest BCUT2D eigenvalue weighted by Crippen LogP contribution is -2.05. The molecule has 0 spiro atoms. The third kappa shape index (κ3) is 3.01. The first kappa shape index (κ1) is 12.1. The van der Waals surface area contributed by atoms with E-state index in [0.717, 1.165) is 17.4 Å². The Bertz CT molecular complexity index is 301. The summed E-state index contributed by atoms with van der Waals surface area (Å²) in [5, 5.41) is 0. The monoisotopic (exact) mass is 273 g/mol. The molecule has 1 aromatic carbocycles. The molecule has 1 aromatic rings. The maximum atomic E-state index is 5.58. The summed E-state index contributed by atoms with van der Waals surface area (Å²) >= 11 is 5.30. The van der Waals surface area contributed by atoms with E-state index in [4.69, 9.17) is 5.73 Å². The van der Waals surface area contributed by atoms with Crippen LogP contribution in [0.5, 0.6) is 0 Å². The fraction of sp³-hybridized carbons (Fsp3) is 0.455. The number of hydrogen-bond donors (Lipinski definition) is 1. The van der Waals surface area contributed by atoms with Gasteiger partial charge in [0.25, 0.3) is 0 Å². The van der Waals surface area contributed by atoms with Crippen LogP contribution in [0.1, 0.15) is 24.8 Å². The highest BCUT2D eigenvalue weighted by molar-refractivity contribution is 9.10. The normalized spacial score (nSPS) is 12.9. The number of halogens is 1. The number of rotatable bonds is 4. The molecule has 0 fully saturated rings. The van der Waals surface area contributed by atoms with Crippen molar-refractivity contribution < 1.29 is 0 Å². The van der Waals surface area contributed by atoms with Gasteiger partial charge in [-0.1, -0.05) is 22.9 Å². The highest BCUT2D eigenvalue weighted by Crippen LogP contribution is 2.31. The number of hydrogen-bond acceptors (Lipinski definition) is 2. The smallest absolute Gasteiger partial charge is 0.0178 e. The molecule has 0 saturated heterocycles. The maximum Gasteiger partial charge on any atom is 0.0178 e. The van der Waals surface area contributed by atoms with Crippen LogP contribution in [0, 0.1) is 0 Å². The second-order valence-corrected chi connectivity index (χ2v) is 5.13. The Morgan fingerprint density at radius 3 is 2.79 bits per heavy atom. The van der Waals surface area contributed by atoms with Crippen LogP contribution in [-0.4, -0.2) is 12.8 Å². The molecule has 0 heterocycles. The van der Waals surface area contributed by atoms with Crippen molar-refractivity contribution in [2.45, 2.75) is 24.2 Å². The van der Waals surface area contributed by atoms with Gasteiger partial charge in [-0.15, -0.1) is 11.8 Å². The minimum Gasteiger partial charge on any atom is -0.330 e. The minimum atomic E-state index is 0.542. The molecule has 1 atom stereocenters. The van der Waals surface area contributed by atoms with E-state index in [-0.39, 0.29) is 0 Å². The molecular formula is C11H16BrNS. The van der Waals surface area contributed by atoms with Crippen molar-refractivity contribution in [1.82, 2.24) is 0 Å². The molecule has 0 aliphatic carbocycles. The third-order valence-corrected chi connectivity index (χ3v) is 3.63. The highest BCUT2D eigenvalue weighted by Gasteiger charge is 2.09. The molecule has 0 aliphatic heterocycles. The van der Waals surface area contributed by atoms with Gasteiger partial charge in [0, 0.05) is 9.37 Å². The quantitative estimate of drug-likeness (QED) is 0.848. The summed E-state index contributed by atoms with van der Waals surface area (Å²) in [5.74, 6) is 0.542. The zero-order valence-electron chi connectivity index (χ0n) is 8.59. The lowest BCUT2D eigenvalue weighted by molar-refractivity contribution is 0.679. The van der Waals surface area contributed by atoms with Gasteiger partial charge in [-0.2, -0.15) is 0 Å². The summed E-state index contributed by atoms with van der Waals surface area (Å²) < 4.78 is 1.15. The molecule has 3 heteroatoms. The van der Waals surface area contributed by atoms with E-state index < -0.39 is 0 Å². The van der Waals surface area contributed by atoms with Crippen molar-refractivity contribution in [3.63, 3.8) is 0 Å². The third-order valence-electron chi connectivity index (χ3n) is 2.32. The minimum absolute atomic E-state index is 0.542. The highest BCUT2D eigenvalue weighted by atomic mass is 79.9. The van der Waals surface area contributed by atoms with Crippen LogP contribution < -0.4 is 5.73 Å². The molecule has 1 nitrogen and oxygen atoms in total. The molecule has 1 unspecified atom stereocenters. The van der Waals surface area contributed by atoms with Crippen LogP contribution in [-0.2, 0) is 0 Å². The fourth-order valence-corrected chi connectivity index (χ4v) is 2.57. The Labute approximate surface area is 98.6 Å². The van der Waals surface area contributed by atoms with E-state index in [9.17, 15) is 0 Å². The molecule has 14 heavy (non-hydrogen) atoms. The summed E-state index contributed by atoms with van der Waals surface area (Å²) in [4.78, 5) is 1.36. The van der Waals surface area contributed by atoms with E-state index in [1.54, 1.807) is 11.8 Å². The fourth-order valence-electron chi connectivity index (χ4n) is 1.50. The van der Waals surface area contributed by atoms with Crippen molar-refractivity contribution >= 4 is 27.7 Å². The lowest BCUT2D eigenvalue weighted by Gasteiger charge is -2.14. The van der Waals surface area contributed by atoms with Crippen LogP contribution in [0.15, 0.2) is 27.6 Å². The van der Waals surface area contributed by atoms with Gasteiger partial charge in [-0.05, 0) is 48.9 Å². The maximum absolute atomic E-state index is 5.58. The molecule has 0 radical (unpaired) electrons. The second-order valence-electron chi connectivity index (χ2n) is 3.36. The van der Waals surface area contributed by atoms with E-state index >= 15 is 0 Å². The topological polar surface area (TPSA) is 26.0 Å². The lowest BCUT2D eigenvalue weighted by atomic mass is 9.98. The van der Waals surface area contributed by atoms with E-state index in [1.807, 2.05) is 0 Å². The summed E-state index contributed by atoms with van der Waals surface area (Å²) in [6.45, 7) is 2.98. The van der Waals surface area contributed by atoms with Gasteiger partial charge in [0.15, 0.2) is 0 Å². The van der Waals surface area contributed by atoms with Crippen LogP contribution in [0.4, 0.5) is 0 Å². The number of nitrogens with two attached hydrogens (primary N) is 1. The van der Waals surface area contributed by atoms with Gasteiger partial charge in [0.1, 0.15) is 0 Å². The Morgan fingerprint density at radius 2 is 2.21 bits per heavy atom. The second kappa shape index (κ2) is 5.79. The van der Waals surface area contributed by atoms with Crippen molar-refractivity contribution in [1.29, 1.82) is 0 Å². The molecule has 0 aliphatic rings. The summed E-state index contributed by atoms with van der Waals surface area (Å²) in [7, 11) is 0. The van der Waals surface area contributed by atoms with Gasteiger partial charge in [-0.25, -0.2) is 0 Å². The Morgan fingerprint density at radius 1 is 1.50 bits per heavy atom. The van der Waals surface area contributed by atoms with Crippen LogP contribution in [0.2, 0.25) is 0 Å². The van der Waals surface area contributed by atoms with E-state index in [2.05, 4.69) is 47.3 Å². The van der Waals surface area contributed by atoms with E-state index in [1.165, 1.54) is 10.5 Å². The molecule has 0 aromatic heterocycles. The van der Waals surface area contributed by atoms with Crippen LogP contribution in [0.3, 0.4) is 0 Å². The molecule has 78 valence electrons. The van der Waals surface area contributed by atoms with E-state index in [0.29, 0.717) is 5.92 Å². The Hall–Kier alpha value is 0.01000. The van der Waals surface area contributed by atoms with Gasteiger partial charge in [-0.3, -0.25) is 0 Å². The number of benzene rings is 1. The zero-order valence-corrected chi connectivity index (χ0v) is 11.0. The molecule has 2 N–H and O–H groups in total. The van der Waals surface area contributed by atoms with Gasteiger partial charge in [0.2, 0.25) is 0 Å². The van der Waals surface area contributed by atoms with Crippen LogP contribution in [0.25, 0.3) is 0 Å². The predicted molar refractivity (Wildman–Crippen MR) is 68.0 cm³/mol. The Balaban J connectivity index is 2.97. The van der Waals surface area contributed by atoms with Crippen molar-refractivity contribution in [2.75, 3.05) is 12.8 Å². The summed E-state index contributed by atoms with van der Waals surface area (Å²) in [6.07, 6.45) is 3.16. The first-order valence-electron chi connectivity index (χ1n) is 4.72. The van der Waals surface area contributed by atoms with Crippen molar-refractivity contribution in [3.8, 4) is 0 Å². The number of thioether (sulfide) groups is 1. The summed E-state index contributed by atoms with van der Waals surface area (Å²) in [5.41, 5.74) is 6.98. The average molecular weight is 274 g/mol.